The predicted molar refractivity (Wildman–Crippen MR) is 78.5 cm³/mol. The molecule has 1 heterocycles. The summed E-state index contributed by atoms with van der Waals surface area (Å²) in [5, 5.41) is 11.1. The van der Waals surface area contributed by atoms with E-state index in [0.29, 0.717) is 5.75 Å². The molecule has 3 rings (SSSR count). The van der Waals surface area contributed by atoms with Gasteiger partial charge in [-0.25, -0.2) is 0 Å². The number of H-pyrrole nitrogens is 1. The fourth-order valence-corrected chi connectivity index (χ4v) is 2.25. The Morgan fingerprint density at radius 1 is 0.900 bits per heavy atom. The van der Waals surface area contributed by atoms with Crippen molar-refractivity contribution < 1.29 is 14.6 Å². The van der Waals surface area contributed by atoms with Crippen LogP contribution in [-0.2, 0) is 0 Å². The second-order valence-electron chi connectivity index (χ2n) is 4.52. The fraction of sp³-hybridized carbons (Fsp3) is 0.125. The maximum Gasteiger partial charge on any atom is 0.128 e. The van der Waals surface area contributed by atoms with Gasteiger partial charge in [-0.3, -0.25) is 0 Å². The first-order valence-electron chi connectivity index (χ1n) is 6.25. The van der Waals surface area contributed by atoms with Gasteiger partial charge in [-0.1, -0.05) is 0 Å². The molecule has 0 unspecified atom stereocenters. The fourth-order valence-electron chi connectivity index (χ4n) is 2.25. The summed E-state index contributed by atoms with van der Waals surface area (Å²) in [7, 11) is 3.22. The molecule has 0 amide bonds. The number of phenolic OH excluding ortho intramolecular Hbond substituents is 1. The number of rotatable bonds is 3. The van der Waals surface area contributed by atoms with E-state index in [9.17, 15) is 5.11 Å². The van der Waals surface area contributed by atoms with Gasteiger partial charge < -0.3 is 19.6 Å². The third-order valence-electron chi connectivity index (χ3n) is 3.32. The van der Waals surface area contributed by atoms with Crippen LogP contribution in [0, 0.1) is 0 Å². The van der Waals surface area contributed by atoms with Gasteiger partial charge in [0.05, 0.1) is 19.9 Å². The Bertz CT molecular complexity index is 762. The molecule has 4 nitrogen and oxygen atoms in total. The van der Waals surface area contributed by atoms with E-state index in [1.54, 1.807) is 20.3 Å². The number of fused-ring (bicyclic) bond motifs is 1. The SMILES string of the molecule is COc1ccc(-c2cc3cc(OC)ccc3[nH]2)c(O)c1. The molecule has 0 aliphatic heterocycles. The van der Waals surface area contributed by atoms with Crippen LogP contribution < -0.4 is 9.47 Å². The first-order chi connectivity index (χ1) is 9.71. The number of hydrogen-bond acceptors (Lipinski definition) is 3. The number of hydrogen-bond donors (Lipinski definition) is 2. The lowest BCUT2D eigenvalue weighted by molar-refractivity contribution is 0.408. The largest absolute Gasteiger partial charge is 0.507 e. The van der Waals surface area contributed by atoms with E-state index in [-0.39, 0.29) is 5.75 Å². The van der Waals surface area contributed by atoms with Gasteiger partial charge in [-0.05, 0) is 36.4 Å². The summed E-state index contributed by atoms with van der Waals surface area (Å²) >= 11 is 0. The third-order valence-corrected chi connectivity index (χ3v) is 3.32. The Kier molecular flexibility index (Phi) is 2.99. The minimum absolute atomic E-state index is 0.183. The average Bonchev–Trinajstić information content (AvgIpc) is 2.89. The van der Waals surface area contributed by atoms with Crippen molar-refractivity contribution in [3.05, 3.63) is 42.5 Å². The molecule has 0 radical (unpaired) electrons. The van der Waals surface area contributed by atoms with Crippen LogP contribution in [0.25, 0.3) is 22.2 Å². The number of phenols is 1. The van der Waals surface area contributed by atoms with Crippen LogP contribution >= 0.6 is 0 Å². The zero-order valence-corrected chi connectivity index (χ0v) is 11.3. The van der Waals surface area contributed by atoms with Gasteiger partial charge in [0, 0.05) is 22.5 Å². The summed E-state index contributed by atoms with van der Waals surface area (Å²) in [6.45, 7) is 0. The molecule has 0 aliphatic carbocycles. The number of methoxy groups -OCH3 is 2. The van der Waals surface area contributed by atoms with Gasteiger partial charge in [0.2, 0.25) is 0 Å². The molecule has 3 aromatic rings. The monoisotopic (exact) mass is 269 g/mol. The Morgan fingerprint density at radius 2 is 1.60 bits per heavy atom. The van der Waals surface area contributed by atoms with Gasteiger partial charge >= 0.3 is 0 Å². The standard InChI is InChI=1S/C16H15NO3/c1-19-11-4-6-14-10(7-11)8-15(17-14)13-5-3-12(20-2)9-16(13)18/h3-9,17-18H,1-2H3. The van der Waals surface area contributed by atoms with Crippen LogP contribution in [-0.4, -0.2) is 24.3 Å². The highest BCUT2D eigenvalue weighted by Crippen LogP contribution is 2.34. The Morgan fingerprint density at radius 3 is 2.30 bits per heavy atom. The molecule has 2 aromatic carbocycles. The first kappa shape index (κ1) is 12.4. The predicted octanol–water partition coefficient (Wildman–Crippen LogP) is 3.56. The van der Waals surface area contributed by atoms with Crippen molar-refractivity contribution in [3.63, 3.8) is 0 Å². The minimum Gasteiger partial charge on any atom is -0.507 e. The van der Waals surface area contributed by atoms with Gasteiger partial charge in [-0.2, -0.15) is 0 Å². The quantitative estimate of drug-likeness (QED) is 0.764. The molecule has 0 saturated carbocycles. The molecule has 2 N–H and O–H groups in total. The Balaban J connectivity index is 2.10. The zero-order chi connectivity index (χ0) is 14.1. The van der Waals surface area contributed by atoms with Crippen molar-refractivity contribution in [2.24, 2.45) is 0 Å². The summed E-state index contributed by atoms with van der Waals surface area (Å²) < 4.78 is 10.3. The molecular weight excluding hydrogens is 254 g/mol. The van der Waals surface area contributed by atoms with Gasteiger partial charge in [0.1, 0.15) is 17.2 Å². The van der Waals surface area contributed by atoms with E-state index in [4.69, 9.17) is 9.47 Å². The van der Waals surface area contributed by atoms with Crippen molar-refractivity contribution in [3.8, 4) is 28.5 Å². The van der Waals surface area contributed by atoms with Crippen molar-refractivity contribution in [1.82, 2.24) is 4.98 Å². The molecule has 0 spiro atoms. The van der Waals surface area contributed by atoms with Gasteiger partial charge in [0.15, 0.2) is 0 Å². The van der Waals surface area contributed by atoms with Crippen LogP contribution in [0.5, 0.6) is 17.2 Å². The maximum absolute atomic E-state index is 10.1. The lowest BCUT2D eigenvalue weighted by Gasteiger charge is -2.04. The molecule has 0 aliphatic rings. The second-order valence-corrected chi connectivity index (χ2v) is 4.52. The number of aromatic nitrogens is 1. The van der Waals surface area contributed by atoms with E-state index in [2.05, 4.69) is 4.98 Å². The van der Waals surface area contributed by atoms with Gasteiger partial charge in [0.25, 0.3) is 0 Å². The highest BCUT2D eigenvalue weighted by atomic mass is 16.5. The molecule has 0 fully saturated rings. The summed E-state index contributed by atoms with van der Waals surface area (Å²) in [5.41, 5.74) is 2.59. The van der Waals surface area contributed by atoms with Crippen molar-refractivity contribution in [1.29, 1.82) is 0 Å². The van der Waals surface area contributed by atoms with E-state index in [1.165, 1.54) is 0 Å². The molecule has 0 bridgehead atoms. The molecule has 1 aromatic heterocycles. The number of aromatic amines is 1. The molecule has 102 valence electrons. The lowest BCUT2D eigenvalue weighted by Crippen LogP contribution is -1.84. The highest BCUT2D eigenvalue weighted by Gasteiger charge is 2.09. The second kappa shape index (κ2) is 4.81. The number of nitrogens with one attached hydrogen (secondary N) is 1. The van der Waals surface area contributed by atoms with E-state index in [0.717, 1.165) is 27.9 Å². The van der Waals surface area contributed by atoms with Crippen LogP contribution in [0.15, 0.2) is 42.5 Å². The molecule has 0 saturated heterocycles. The maximum atomic E-state index is 10.1. The average molecular weight is 269 g/mol. The third kappa shape index (κ3) is 2.05. The summed E-state index contributed by atoms with van der Waals surface area (Å²) in [6.07, 6.45) is 0. The topological polar surface area (TPSA) is 54.5 Å². The van der Waals surface area contributed by atoms with Crippen LogP contribution in [0.1, 0.15) is 0 Å². The lowest BCUT2D eigenvalue weighted by atomic mass is 10.1. The van der Waals surface area contributed by atoms with Crippen LogP contribution in [0.3, 0.4) is 0 Å². The summed E-state index contributed by atoms with van der Waals surface area (Å²) in [5.74, 6) is 1.62. The Labute approximate surface area is 116 Å². The van der Waals surface area contributed by atoms with E-state index < -0.39 is 0 Å². The Hall–Kier alpha value is -2.62. The molecule has 4 heteroatoms. The smallest absolute Gasteiger partial charge is 0.128 e. The minimum atomic E-state index is 0.183. The summed E-state index contributed by atoms with van der Waals surface area (Å²) in [6, 6.07) is 13.0. The van der Waals surface area contributed by atoms with Gasteiger partial charge in [-0.15, -0.1) is 0 Å². The van der Waals surface area contributed by atoms with Crippen molar-refractivity contribution in [2.45, 2.75) is 0 Å². The molecule has 20 heavy (non-hydrogen) atoms. The molecule has 0 atom stereocenters. The van der Waals surface area contributed by atoms with Crippen molar-refractivity contribution >= 4 is 10.9 Å². The number of aromatic hydroxyl groups is 1. The van der Waals surface area contributed by atoms with Crippen LogP contribution in [0.4, 0.5) is 0 Å². The first-order valence-corrected chi connectivity index (χ1v) is 6.25. The highest BCUT2D eigenvalue weighted by molar-refractivity contribution is 5.88. The summed E-state index contributed by atoms with van der Waals surface area (Å²) in [4.78, 5) is 3.29. The van der Waals surface area contributed by atoms with Crippen LogP contribution in [0.2, 0.25) is 0 Å². The number of benzene rings is 2. The number of ether oxygens (including phenoxy) is 2. The zero-order valence-electron chi connectivity index (χ0n) is 11.3. The normalized spacial score (nSPS) is 10.7. The van der Waals surface area contributed by atoms with E-state index >= 15 is 0 Å². The van der Waals surface area contributed by atoms with E-state index in [1.807, 2.05) is 36.4 Å². The van der Waals surface area contributed by atoms with Crippen molar-refractivity contribution in [2.75, 3.05) is 14.2 Å². The molecular formula is C16H15NO3.